The number of allylic oxidation sites excluding steroid dienone is 2. The van der Waals surface area contributed by atoms with Crippen LogP contribution in [0, 0.1) is 11.3 Å². The first-order valence-electron chi connectivity index (χ1n) is 22.7. The number of nitrogens with one attached hydrogen (secondary N) is 3. The maximum absolute atomic E-state index is 13.6. The van der Waals surface area contributed by atoms with E-state index in [9.17, 15) is 24.0 Å². The van der Waals surface area contributed by atoms with Crippen LogP contribution in [-0.2, 0) is 28.7 Å². The second kappa shape index (κ2) is 19.0. The van der Waals surface area contributed by atoms with Crippen molar-refractivity contribution in [2.75, 3.05) is 64.8 Å². The van der Waals surface area contributed by atoms with Crippen molar-refractivity contribution >= 4 is 46.4 Å². The van der Waals surface area contributed by atoms with Crippen LogP contribution in [-0.4, -0.2) is 130 Å². The molecule has 1 saturated carbocycles. The minimum absolute atomic E-state index is 0.0459. The number of anilines is 1. The fourth-order valence-electron chi connectivity index (χ4n) is 10.1. The molecule has 3 aliphatic heterocycles. The third kappa shape index (κ3) is 9.13. The van der Waals surface area contributed by atoms with E-state index in [2.05, 4.69) is 53.6 Å². The summed E-state index contributed by atoms with van der Waals surface area (Å²) in [6, 6.07) is 17.7. The SMILES string of the molecule is CC12C=CC=C(NCC(=O)NCCOCCN3CCN(C4CCC(n5cc(-c6ccc(Oc7ccccc7)cc6)c6c(N)ncnc65)CC4)CC3)C1C(=O)N(C1CCC(=O)NC1=O)C2=O. The molecule has 3 saturated heterocycles. The number of piperazine rings is 1. The van der Waals surface area contributed by atoms with E-state index in [0.29, 0.717) is 43.4 Å². The number of piperidine rings is 1. The molecule has 17 nitrogen and oxygen atoms in total. The number of fused-ring (bicyclic) bond motifs is 2. The zero-order chi connectivity index (χ0) is 45.1. The van der Waals surface area contributed by atoms with Crippen molar-refractivity contribution in [3.05, 3.63) is 91.0 Å². The molecule has 65 heavy (non-hydrogen) atoms. The summed E-state index contributed by atoms with van der Waals surface area (Å²) >= 11 is 0. The minimum atomic E-state index is -1.21. The number of carbonyl (C=O) groups is 5. The minimum Gasteiger partial charge on any atom is -0.457 e. The Labute approximate surface area is 377 Å². The van der Waals surface area contributed by atoms with Crippen LogP contribution in [0.25, 0.3) is 22.2 Å². The van der Waals surface area contributed by atoms with Gasteiger partial charge in [0.15, 0.2) is 0 Å². The first-order chi connectivity index (χ1) is 31.6. The number of imide groups is 2. The number of para-hydroxylation sites is 1. The number of carbonyl (C=O) groups excluding carboxylic acids is 5. The largest absolute Gasteiger partial charge is 0.457 e. The standard InChI is InChI=1S/C48H56N10O7/c1-48-19-5-8-37(42(48)46(62)58(47(48)63)38-17-18-39(59)54-45(38)61)51-28-40(60)50-20-26-64-27-25-55-21-23-56(24-22-55)32-11-13-33(14-12-32)57-29-36(41-43(49)52-30-53-44(41)57)31-9-15-35(16-10-31)65-34-6-3-2-4-7-34/h2-10,15-16,19,29-30,32-33,38,42,51H,11-14,17-18,20-28H2,1H3,(H,50,60)(H2,49,52,53)(H,54,59,61). The predicted octanol–water partition coefficient (Wildman–Crippen LogP) is 3.55. The molecule has 5 aliphatic rings. The van der Waals surface area contributed by atoms with Gasteiger partial charge < -0.3 is 30.4 Å². The molecule has 2 aromatic carbocycles. The van der Waals surface area contributed by atoms with Crippen molar-refractivity contribution in [2.45, 2.75) is 63.6 Å². The molecule has 3 atom stereocenters. The van der Waals surface area contributed by atoms with Crippen LogP contribution in [0.4, 0.5) is 5.82 Å². The average Bonchev–Trinajstić information content (AvgIpc) is 3.80. The highest BCUT2D eigenvalue weighted by atomic mass is 16.5. The van der Waals surface area contributed by atoms with Gasteiger partial charge >= 0.3 is 0 Å². The van der Waals surface area contributed by atoms with Crippen molar-refractivity contribution in [3.63, 3.8) is 0 Å². The summed E-state index contributed by atoms with van der Waals surface area (Å²) in [7, 11) is 0. The molecule has 4 aromatic rings. The molecular formula is C48H56N10O7. The van der Waals surface area contributed by atoms with E-state index in [1.165, 1.54) is 0 Å². The normalized spacial score (nSPS) is 25.1. The van der Waals surface area contributed by atoms with Crippen LogP contribution in [0.3, 0.4) is 0 Å². The summed E-state index contributed by atoms with van der Waals surface area (Å²) in [6.45, 7) is 7.61. The second-order valence-corrected chi connectivity index (χ2v) is 17.7. The van der Waals surface area contributed by atoms with Crippen molar-refractivity contribution in [1.82, 2.24) is 45.2 Å². The topological polar surface area (TPSA) is 206 Å². The van der Waals surface area contributed by atoms with Gasteiger partial charge in [-0.2, -0.15) is 0 Å². The average molecular weight is 885 g/mol. The van der Waals surface area contributed by atoms with Crippen molar-refractivity contribution in [3.8, 4) is 22.6 Å². The van der Waals surface area contributed by atoms with E-state index >= 15 is 0 Å². The molecule has 4 fully saturated rings. The third-order valence-electron chi connectivity index (χ3n) is 13.7. The molecular weight excluding hydrogens is 829 g/mol. The molecule has 340 valence electrons. The van der Waals surface area contributed by atoms with Gasteiger partial charge in [-0.3, -0.25) is 44.0 Å². The molecule has 0 bridgehead atoms. The fourth-order valence-corrected chi connectivity index (χ4v) is 10.1. The van der Waals surface area contributed by atoms with Gasteiger partial charge in [0.1, 0.15) is 35.3 Å². The van der Waals surface area contributed by atoms with Gasteiger partial charge in [-0.15, -0.1) is 0 Å². The molecule has 3 unspecified atom stereocenters. The van der Waals surface area contributed by atoms with Gasteiger partial charge in [-0.25, -0.2) is 9.97 Å². The van der Waals surface area contributed by atoms with Gasteiger partial charge in [-0.05, 0) is 74.9 Å². The first kappa shape index (κ1) is 43.8. The lowest BCUT2D eigenvalue weighted by molar-refractivity contribution is -0.151. The number of likely N-dealkylation sites (tertiary alicyclic amines) is 1. The van der Waals surface area contributed by atoms with Crippen LogP contribution in [0.2, 0.25) is 0 Å². The van der Waals surface area contributed by atoms with Gasteiger partial charge in [-0.1, -0.05) is 42.5 Å². The Balaban J connectivity index is 0.677. The van der Waals surface area contributed by atoms with E-state index in [4.69, 9.17) is 20.2 Å². The van der Waals surface area contributed by atoms with E-state index < -0.39 is 41.0 Å². The lowest BCUT2D eigenvalue weighted by Crippen LogP contribution is -2.55. The van der Waals surface area contributed by atoms with E-state index in [1.807, 2.05) is 42.5 Å². The molecule has 5 amide bonds. The van der Waals surface area contributed by atoms with Crippen molar-refractivity contribution < 1.29 is 33.4 Å². The Morgan fingerprint density at radius 2 is 1.65 bits per heavy atom. The maximum Gasteiger partial charge on any atom is 0.249 e. The summed E-state index contributed by atoms with van der Waals surface area (Å²) in [6.07, 6.45) is 13.2. The van der Waals surface area contributed by atoms with E-state index in [0.717, 1.165) is 97.0 Å². The van der Waals surface area contributed by atoms with Crippen molar-refractivity contribution in [1.29, 1.82) is 0 Å². The monoisotopic (exact) mass is 884 g/mol. The number of hydrogen-bond donors (Lipinski definition) is 4. The highest BCUT2D eigenvalue weighted by Gasteiger charge is 2.60. The van der Waals surface area contributed by atoms with Crippen LogP contribution in [0.15, 0.2) is 91.0 Å². The summed E-state index contributed by atoms with van der Waals surface area (Å²) in [5.41, 5.74) is 8.64. The lowest BCUT2D eigenvalue weighted by atomic mass is 9.74. The number of amides is 5. The van der Waals surface area contributed by atoms with Crippen LogP contribution < -0.4 is 26.4 Å². The molecule has 0 spiro atoms. The highest BCUT2D eigenvalue weighted by molar-refractivity contribution is 6.14. The molecule has 2 aromatic heterocycles. The zero-order valence-corrected chi connectivity index (χ0v) is 36.6. The Hall–Kier alpha value is -6.43. The number of rotatable bonds is 15. The van der Waals surface area contributed by atoms with Gasteiger partial charge in [0.05, 0.1) is 36.5 Å². The number of nitrogens with zero attached hydrogens (tertiary/aromatic N) is 6. The third-order valence-corrected chi connectivity index (χ3v) is 13.7. The predicted molar refractivity (Wildman–Crippen MR) is 242 cm³/mol. The molecule has 5 heterocycles. The number of ether oxygens (including phenoxy) is 2. The maximum atomic E-state index is 13.6. The smallest absolute Gasteiger partial charge is 0.249 e. The summed E-state index contributed by atoms with van der Waals surface area (Å²) in [5.74, 6) is -1.25. The van der Waals surface area contributed by atoms with Gasteiger partial charge in [0.2, 0.25) is 29.5 Å². The molecule has 5 N–H and O–H groups in total. The van der Waals surface area contributed by atoms with Crippen molar-refractivity contribution in [2.24, 2.45) is 11.3 Å². The van der Waals surface area contributed by atoms with Gasteiger partial charge in [0.25, 0.3) is 0 Å². The number of nitrogens with two attached hydrogens (primary N) is 1. The van der Waals surface area contributed by atoms with E-state index in [-0.39, 0.29) is 25.3 Å². The summed E-state index contributed by atoms with van der Waals surface area (Å²) in [5, 5.41) is 9.00. The number of hydrogen-bond acceptors (Lipinski definition) is 13. The summed E-state index contributed by atoms with van der Waals surface area (Å²) < 4.78 is 14.2. The van der Waals surface area contributed by atoms with E-state index in [1.54, 1.807) is 31.5 Å². The summed E-state index contributed by atoms with van der Waals surface area (Å²) in [4.78, 5) is 79.1. The Morgan fingerprint density at radius 3 is 2.40 bits per heavy atom. The first-order valence-corrected chi connectivity index (χ1v) is 22.7. The number of nitrogen functional groups attached to an aromatic ring is 1. The fraction of sp³-hybridized carbons (Fsp3) is 0.438. The number of aromatic nitrogens is 3. The van der Waals surface area contributed by atoms with Gasteiger partial charge in [0, 0.05) is 75.2 Å². The zero-order valence-electron chi connectivity index (χ0n) is 36.6. The van der Waals surface area contributed by atoms with Crippen LogP contribution in [0.1, 0.15) is 51.5 Å². The Kier molecular flexibility index (Phi) is 12.8. The highest BCUT2D eigenvalue weighted by Crippen LogP contribution is 2.46. The molecule has 17 heteroatoms. The Morgan fingerprint density at radius 1 is 0.908 bits per heavy atom. The molecule has 9 rings (SSSR count). The Bertz CT molecular complexity index is 2490. The van der Waals surface area contributed by atoms with Crippen LogP contribution in [0.5, 0.6) is 11.5 Å². The number of benzene rings is 2. The molecule has 2 aliphatic carbocycles. The molecule has 0 radical (unpaired) electrons. The second-order valence-electron chi connectivity index (χ2n) is 17.7. The lowest BCUT2D eigenvalue weighted by Gasteiger charge is -2.42. The van der Waals surface area contributed by atoms with Crippen LogP contribution >= 0.6 is 0 Å². The quantitative estimate of drug-likeness (QED) is 0.0998.